The van der Waals surface area contributed by atoms with Gasteiger partial charge in [-0.1, -0.05) is 6.08 Å². The summed E-state index contributed by atoms with van der Waals surface area (Å²) >= 11 is 0. The first kappa shape index (κ1) is 14.5. The van der Waals surface area contributed by atoms with Crippen LogP contribution >= 0.6 is 0 Å². The molecule has 2 atom stereocenters. The normalized spacial score (nSPS) is 15.6. The third kappa shape index (κ3) is 4.34. The van der Waals surface area contributed by atoms with E-state index in [4.69, 9.17) is 10.9 Å². The standard InChI is InChI=1S/C8H15N3O5/c1-5(3-6(10-13)8(9)12)7(4-16-2)11(14)15/h3,6-7,10,13H,4H2,1-2H3,(H2,9,12). The number of methoxy groups -OCH3 is 1. The highest BCUT2D eigenvalue weighted by Gasteiger charge is 2.24. The van der Waals surface area contributed by atoms with E-state index in [0.29, 0.717) is 0 Å². The molecule has 8 heteroatoms. The molecule has 16 heavy (non-hydrogen) atoms. The number of nitro groups is 1. The van der Waals surface area contributed by atoms with Crippen molar-refractivity contribution in [3.63, 3.8) is 0 Å². The molecule has 0 spiro atoms. The van der Waals surface area contributed by atoms with Crippen molar-refractivity contribution >= 4 is 5.91 Å². The summed E-state index contributed by atoms with van der Waals surface area (Å²) in [5.41, 5.74) is 6.87. The van der Waals surface area contributed by atoms with Crippen LogP contribution in [0.1, 0.15) is 6.92 Å². The van der Waals surface area contributed by atoms with Gasteiger partial charge in [-0.15, -0.1) is 0 Å². The van der Waals surface area contributed by atoms with Gasteiger partial charge in [-0.05, 0) is 6.92 Å². The van der Waals surface area contributed by atoms with Crippen LogP contribution in [0.25, 0.3) is 0 Å². The molecule has 0 aromatic heterocycles. The zero-order valence-electron chi connectivity index (χ0n) is 9.04. The molecule has 0 aliphatic rings. The number of nitrogens with one attached hydrogen (secondary N) is 1. The lowest BCUT2D eigenvalue weighted by molar-refractivity contribution is -0.515. The number of hydroxylamine groups is 1. The van der Waals surface area contributed by atoms with Crippen molar-refractivity contribution in [1.29, 1.82) is 0 Å². The highest BCUT2D eigenvalue weighted by Crippen LogP contribution is 2.07. The molecule has 0 aromatic carbocycles. The molecule has 0 fully saturated rings. The van der Waals surface area contributed by atoms with Crippen molar-refractivity contribution in [1.82, 2.24) is 5.48 Å². The highest BCUT2D eigenvalue weighted by atomic mass is 16.6. The number of nitrogens with zero attached hydrogens (tertiary/aromatic N) is 1. The number of primary amides is 1. The van der Waals surface area contributed by atoms with Gasteiger partial charge in [0.25, 0.3) is 6.04 Å². The quantitative estimate of drug-likeness (QED) is 0.295. The number of ether oxygens (including phenoxy) is 1. The predicted molar refractivity (Wildman–Crippen MR) is 54.3 cm³/mol. The first-order valence-electron chi connectivity index (χ1n) is 4.43. The van der Waals surface area contributed by atoms with Crippen LogP contribution in [0, 0.1) is 10.1 Å². The van der Waals surface area contributed by atoms with Gasteiger partial charge < -0.3 is 15.7 Å². The number of carbonyl (C=O) groups is 1. The maximum absolute atomic E-state index is 10.8. The number of amides is 1. The fourth-order valence-electron chi connectivity index (χ4n) is 1.07. The number of rotatable bonds is 7. The summed E-state index contributed by atoms with van der Waals surface area (Å²) in [7, 11) is 1.33. The third-order valence-corrected chi connectivity index (χ3v) is 1.98. The lowest BCUT2D eigenvalue weighted by atomic mass is 10.1. The SMILES string of the molecule is COCC(C(C)=CC(NO)C(N)=O)[N+](=O)[O-]. The molecule has 0 saturated carbocycles. The lowest BCUT2D eigenvalue weighted by Gasteiger charge is -2.11. The molecule has 0 bridgehead atoms. The van der Waals surface area contributed by atoms with Gasteiger partial charge in [0, 0.05) is 17.6 Å². The fraction of sp³-hybridized carbons (Fsp3) is 0.625. The molecule has 0 heterocycles. The Morgan fingerprint density at radius 1 is 1.75 bits per heavy atom. The van der Waals surface area contributed by atoms with Gasteiger partial charge in [0.15, 0.2) is 0 Å². The molecule has 8 nitrogen and oxygen atoms in total. The molecular formula is C8H15N3O5. The number of hydrogen-bond acceptors (Lipinski definition) is 6. The van der Waals surface area contributed by atoms with Crippen molar-refractivity contribution in [2.24, 2.45) is 5.73 Å². The maximum Gasteiger partial charge on any atom is 0.256 e. The van der Waals surface area contributed by atoms with Gasteiger partial charge in [-0.25, -0.2) is 0 Å². The third-order valence-electron chi connectivity index (χ3n) is 1.98. The molecule has 0 radical (unpaired) electrons. The van der Waals surface area contributed by atoms with Gasteiger partial charge in [0.1, 0.15) is 12.6 Å². The zero-order valence-corrected chi connectivity index (χ0v) is 9.04. The summed E-state index contributed by atoms with van der Waals surface area (Å²) in [6, 6.07) is -2.22. The van der Waals surface area contributed by atoms with Gasteiger partial charge in [-0.2, -0.15) is 5.48 Å². The maximum atomic E-state index is 10.8. The van der Waals surface area contributed by atoms with Crippen molar-refractivity contribution in [2.45, 2.75) is 19.0 Å². The predicted octanol–water partition coefficient (Wildman–Crippen LogP) is -0.943. The molecular weight excluding hydrogens is 218 g/mol. The average Bonchev–Trinajstić information content (AvgIpc) is 2.21. The van der Waals surface area contributed by atoms with Gasteiger partial charge in [0.2, 0.25) is 5.91 Å². The van der Waals surface area contributed by atoms with E-state index in [9.17, 15) is 14.9 Å². The second-order valence-electron chi connectivity index (χ2n) is 3.18. The molecule has 92 valence electrons. The number of hydrogen-bond donors (Lipinski definition) is 3. The molecule has 2 unspecified atom stereocenters. The van der Waals surface area contributed by atoms with Crippen LogP contribution in [0.4, 0.5) is 0 Å². The van der Waals surface area contributed by atoms with Crippen molar-refractivity contribution in [3.8, 4) is 0 Å². The smallest absolute Gasteiger partial charge is 0.256 e. The van der Waals surface area contributed by atoms with E-state index >= 15 is 0 Å². The van der Waals surface area contributed by atoms with E-state index in [0.717, 1.165) is 0 Å². The molecule has 0 aliphatic heterocycles. The monoisotopic (exact) mass is 233 g/mol. The van der Waals surface area contributed by atoms with Crippen LogP contribution in [-0.2, 0) is 9.53 Å². The Hall–Kier alpha value is -1.51. The topological polar surface area (TPSA) is 128 Å². The summed E-state index contributed by atoms with van der Waals surface area (Å²) in [6.45, 7) is 1.34. The first-order chi connectivity index (χ1) is 7.43. The minimum absolute atomic E-state index is 0.119. The summed E-state index contributed by atoms with van der Waals surface area (Å²) in [4.78, 5) is 20.9. The zero-order chi connectivity index (χ0) is 12.7. The Labute approximate surface area is 92.2 Å². The van der Waals surface area contributed by atoms with Gasteiger partial charge in [-0.3, -0.25) is 14.9 Å². The van der Waals surface area contributed by atoms with E-state index in [1.165, 1.54) is 20.1 Å². The Balaban J connectivity index is 4.82. The Bertz CT molecular complexity index is 291. The van der Waals surface area contributed by atoms with Crippen LogP contribution in [0.2, 0.25) is 0 Å². The van der Waals surface area contributed by atoms with Gasteiger partial charge in [0.05, 0.1) is 0 Å². The molecule has 0 saturated heterocycles. The van der Waals surface area contributed by atoms with Crippen molar-refractivity contribution in [3.05, 3.63) is 21.8 Å². The second kappa shape index (κ2) is 6.88. The van der Waals surface area contributed by atoms with E-state index in [2.05, 4.69) is 4.74 Å². The molecule has 0 rings (SSSR count). The average molecular weight is 233 g/mol. The highest BCUT2D eigenvalue weighted by molar-refractivity contribution is 5.81. The van der Waals surface area contributed by atoms with E-state index in [-0.39, 0.29) is 12.2 Å². The Morgan fingerprint density at radius 2 is 2.31 bits per heavy atom. The lowest BCUT2D eigenvalue weighted by Crippen LogP contribution is -2.39. The summed E-state index contributed by atoms with van der Waals surface area (Å²) in [6.07, 6.45) is 1.19. The van der Waals surface area contributed by atoms with Crippen LogP contribution in [0.5, 0.6) is 0 Å². The minimum atomic E-state index is -1.15. The van der Waals surface area contributed by atoms with Gasteiger partial charge >= 0.3 is 0 Å². The van der Waals surface area contributed by atoms with E-state index in [1.807, 2.05) is 0 Å². The van der Waals surface area contributed by atoms with E-state index in [1.54, 1.807) is 5.48 Å². The van der Waals surface area contributed by atoms with E-state index < -0.39 is 22.9 Å². The molecule has 0 aromatic rings. The number of carbonyl (C=O) groups excluding carboxylic acids is 1. The first-order valence-corrected chi connectivity index (χ1v) is 4.43. The van der Waals surface area contributed by atoms with Crippen molar-refractivity contribution < 1.29 is 19.7 Å². The fourth-order valence-corrected chi connectivity index (χ4v) is 1.07. The second-order valence-corrected chi connectivity index (χ2v) is 3.18. The Kier molecular flexibility index (Phi) is 6.23. The van der Waals surface area contributed by atoms with Crippen LogP contribution in [0.3, 0.4) is 0 Å². The summed E-state index contributed by atoms with van der Waals surface area (Å²) in [5, 5.41) is 19.3. The molecule has 1 amide bonds. The largest absolute Gasteiger partial charge is 0.377 e. The molecule has 0 aliphatic carbocycles. The van der Waals surface area contributed by atoms with Crippen LogP contribution in [-0.4, -0.2) is 41.8 Å². The summed E-state index contributed by atoms with van der Waals surface area (Å²) in [5.74, 6) is -0.832. The Morgan fingerprint density at radius 3 is 2.62 bits per heavy atom. The molecule has 4 N–H and O–H groups in total. The van der Waals surface area contributed by atoms with Crippen LogP contribution in [0.15, 0.2) is 11.6 Å². The van der Waals surface area contributed by atoms with Crippen LogP contribution < -0.4 is 11.2 Å². The minimum Gasteiger partial charge on any atom is -0.377 e. The number of nitrogens with two attached hydrogens (primary N) is 1. The summed E-state index contributed by atoms with van der Waals surface area (Å²) < 4.78 is 4.68. The van der Waals surface area contributed by atoms with Crippen molar-refractivity contribution in [2.75, 3.05) is 13.7 Å².